The van der Waals surface area contributed by atoms with Gasteiger partial charge in [-0.25, -0.2) is 4.98 Å². The molecule has 1 saturated heterocycles. The molecule has 3 aromatic rings. The molecule has 4 unspecified atom stereocenters. The van der Waals surface area contributed by atoms with Gasteiger partial charge in [0.05, 0.1) is 17.4 Å². The molecule has 0 saturated carbocycles. The molecular weight excluding hydrogens is 474 g/mol. The first-order valence-electron chi connectivity index (χ1n) is 13.4. The molecule has 1 aliphatic rings. The van der Waals surface area contributed by atoms with Crippen LogP contribution in [0.1, 0.15) is 70.5 Å². The summed E-state index contributed by atoms with van der Waals surface area (Å²) in [6.07, 6.45) is 2.36. The van der Waals surface area contributed by atoms with E-state index in [1.807, 2.05) is 45.9 Å². The number of aromatic nitrogens is 2. The van der Waals surface area contributed by atoms with Gasteiger partial charge in [0, 0.05) is 28.4 Å². The van der Waals surface area contributed by atoms with Crippen molar-refractivity contribution in [3.05, 3.63) is 71.5 Å². The van der Waals surface area contributed by atoms with Crippen molar-refractivity contribution >= 4 is 12.3 Å². The van der Waals surface area contributed by atoms with Crippen molar-refractivity contribution in [3.63, 3.8) is 0 Å². The first-order valence-corrected chi connectivity index (χ1v) is 13.4. The molecule has 4 atom stereocenters. The smallest absolute Gasteiger partial charge is 0.226 e. The quantitative estimate of drug-likeness (QED) is 0.377. The topological polar surface area (TPSA) is 88.0 Å². The third kappa shape index (κ3) is 5.99. The number of hydrogen-bond acceptors (Lipinski definition) is 4. The molecule has 0 radical (unpaired) electrons. The molecule has 1 fully saturated rings. The number of benzene rings is 1. The van der Waals surface area contributed by atoms with Crippen molar-refractivity contribution in [2.45, 2.75) is 79.1 Å². The lowest BCUT2D eigenvalue weighted by atomic mass is 9.78. The van der Waals surface area contributed by atoms with Crippen LogP contribution >= 0.6 is 0 Å². The first-order chi connectivity index (χ1) is 17.9. The largest absolute Gasteiger partial charge is 0.352 e. The Balaban J connectivity index is 1.58. The average molecular weight is 516 g/mol. The van der Waals surface area contributed by atoms with Gasteiger partial charge in [-0.3, -0.25) is 14.9 Å². The van der Waals surface area contributed by atoms with Gasteiger partial charge in [-0.1, -0.05) is 51.1 Å². The number of hydrogen-bond donors (Lipinski definition) is 3. The molecule has 3 N–H and O–H groups in total. The molecule has 2 aromatic heterocycles. The molecule has 7 nitrogen and oxygen atoms in total. The zero-order valence-corrected chi connectivity index (χ0v) is 23.6. The van der Waals surface area contributed by atoms with Crippen LogP contribution in [0.25, 0.3) is 17.1 Å². The van der Waals surface area contributed by atoms with Gasteiger partial charge in [0.25, 0.3) is 0 Å². The number of carbonyl (C=O) groups excluding carboxylic acids is 2. The molecule has 0 aliphatic carbocycles. The van der Waals surface area contributed by atoms with E-state index in [0.29, 0.717) is 6.42 Å². The SMILES string of the molecule is Cc1ccc(C)n1-c1cccc(-c2ccc(C(NC=O)C3CC(C)NC(C)(NC(=O)C(C)(C)C)C3)cc2)n1. The van der Waals surface area contributed by atoms with Crippen LogP contribution in [0.2, 0.25) is 0 Å². The predicted molar refractivity (Wildman–Crippen MR) is 152 cm³/mol. The molecule has 0 bridgehead atoms. The maximum atomic E-state index is 12.8. The number of pyridine rings is 1. The van der Waals surface area contributed by atoms with Gasteiger partial charge >= 0.3 is 0 Å². The highest BCUT2D eigenvalue weighted by Gasteiger charge is 2.41. The molecule has 4 rings (SSSR count). The Labute approximate surface area is 226 Å². The standard InChI is InChI=1S/C31H41N5O2/c1-20-17-25(18-31(7,34-20)35-29(38)30(4,5)6)28(32-19-37)24-15-13-23(14-16-24)26-9-8-10-27(33-26)36-21(2)11-12-22(36)3/h8-16,19-20,25,28,34H,17-18H2,1-7H3,(H,32,37)(H,35,38). The maximum absolute atomic E-state index is 12.8. The van der Waals surface area contributed by atoms with Crippen LogP contribution in [0, 0.1) is 25.2 Å². The normalized spacial score (nSPS) is 22.5. The summed E-state index contributed by atoms with van der Waals surface area (Å²) in [7, 11) is 0. The van der Waals surface area contributed by atoms with Crippen LogP contribution in [0.4, 0.5) is 0 Å². The number of carbonyl (C=O) groups is 2. The Morgan fingerprint density at radius 2 is 1.76 bits per heavy atom. The Morgan fingerprint density at radius 3 is 2.37 bits per heavy atom. The molecule has 202 valence electrons. The zero-order chi connectivity index (χ0) is 27.7. The summed E-state index contributed by atoms with van der Waals surface area (Å²) in [5.74, 6) is 1.05. The molecule has 1 aromatic carbocycles. The minimum absolute atomic E-state index is 0.00429. The lowest BCUT2D eigenvalue weighted by molar-refractivity contribution is -0.131. The number of aryl methyl sites for hydroxylation is 2. The predicted octanol–water partition coefficient (Wildman–Crippen LogP) is 5.21. The van der Waals surface area contributed by atoms with E-state index in [1.165, 1.54) is 0 Å². The van der Waals surface area contributed by atoms with Crippen molar-refractivity contribution in [3.8, 4) is 17.1 Å². The van der Waals surface area contributed by atoms with E-state index in [4.69, 9.17) is 4.98 Å². The summed E-state index contributed by atoms with van der Waals surface area (Å²) in [6.45, 7) is 14.1. The summed E-state index contributed by atoms with van der Waals surface area (Å²) in [4.78, 5) is 29.4. The summed E-state index contributed by atoms with van der Waals surface area (Å²) in [5, 5.41) is 9.86. The van der Waals surface area contributed by atoms with Gasteiger partial charge < -0.3 is 15.2 Å². The first kappa shape index (κ1) is 27.6. The molecule has 3 heterocycles. The van der Waals surface area contributed by atoms with Crippen LogP contribution < -0.4 is 16.0 Å². The molecule has 38 heavy (non-hydrogen) atoms. The highest BCUT2D eigenvalue weighted by Crippen LogP contribution is 2.36. The van der Waals surface area contributed by atoms with Gasteiger partial charge in [0.1, 0.15) is 5.82 Å². The van der Waals surface area contributed by atoms with E-state index in [9.17, 15) is 9.59 Å². The van der Waals surface area contributed by atoms with Crippen LogP contribution in [0.15, 0.2) is 54.6 Å². The molecule has 1 aliphatic heterocycles. The van der Waals surface area contributed by atoms with Crippen LogP contribution in [0.3, 0.4) is 0 Å². The Morgan fingerprint density at radius 1 is 1.11 bits per heavy atom. The van der Waals surface area contributed by atoms with Crippen LogP contribution in [0.5, 0.6) is 0 Å². The summed E-state index contributed by atoms with van der Waals surface area (Å²) < 4.78 is 2.15. The van der Waals surface area contributed by atoms with E-state index >= 15 is 0 Å². The fourth-order valence-electron chi connectivity index (χ4n) is 5.68. The number of nitrogens with zero attached hydrogens (tertiary/aromatic N) is 2. The number of piperidine rings is 1. The third-order valence-electron chi connectivity index (χ3n) is 7.48. The second kappa shape index (κ2) is 10.7. The van der Waals surface area contributed by atoms with E-state index < -0.39 is 11.1 Å². The number of rotatable bonds is 7. The minimum atomic E-state index is -0.561. The van der Waals surface area contributed by atoms with Crippen molar-refractivity contribution in [2.24, 2.45) is 11.3 Å². The van der Waals surface area contributed by atoms with E-state index in [0.717, 1.165) is 46.9 Å². The lowest BCUT2D eigenvalue weighted by Gasteiger charge is -2.46. The Hall–Kier alpha value is -3.45. The second-order valence-corrected chi connectivity index (χ2v) is 12.0. The summed E-state index contributed by atoms with van der Waals surface area (Å²) in [5.41, 5.74) is 4.20. The van der Waals surface area contributed by atoms with Crippen molar-refractivity contribution in [2.75, 3.05) is 0 Å². The van der Waals surface area contributed by atoms with Gasteiger partial charge in [-0.15, -0.1) is 0 Å². The van der Waals surface area contributed by atoms with Gasteiger partial charge in [-0.05, 0) is 76.3 Å². The van der Waals surface area contributed by atoms with Gasteiger partial charge in [0.2, 0.25) is 12.3 Å². The molecule has 7 heteroatoms. The van der Waals surface area contributed by atoms with E-state index in [1.54, 1.807) is 0 Å². The lowest BCUT2D eigenvalue weighted by Crippen LogP contribution is -2.65. The van der Waals surface area contributed by atoms with Gasteiger partial charge in [0.15, 0.2) is 0 Å². The van der Waals surface area contributed by atoms with Crippen molar-refractivity contribution in [1.82, 2.24) is 25.5 Å². The van der Waals surface area contributed by atoms with E-state index in [2.05, 4.69) is 77.7 Å². The van der Waals surface area contributed by atoms with Crippen molar-refractivity contribution < 1.29 is 9.59 Å². The zero-order valence-electron chi connectivity index (χ0n) is 23.6. The molecular formula is C31H41N5O2. The van der Waals surface area contributed by atoms with Crippen LogP contribution in [-0.4, -0.2) is 33.6 Å². The Bertz CT molecular complexity index is 1270. The summed E-state index contributed by atoms with van der Waals surface area (Å²) in [6, 6.07) is 18.6. The fraction of sp³-hybridized carbons (Fsp3) is 0.452. The van der Waals surface area contributed by atoms with E-state index in [-0.39, 0.29) is 23.9 Å². The number of nitrogens with one attached hydrogen (secondary N) is 3. The third-order valence-corrected chi connectivity index (χ3v) is 7.48. The highest BCUT2D eigenvalue weighted by atomic mass is 16.2. The van der Waals surface area contributed by atoms with Crippen molar-refractivity contribution in [1.29, 1.82) is 0 Å². The summed E-state index contributed by atoms with van der Waals surface area (Å²) >= 11 is 0. The Kier molecular flexibility index (Phi) is 7.79. The van der Waals surface area contributed by atoms with Gasteiger partial charge in [-0.2, -0.15) is 0 Å². The molecule has 0 spiro atoms. The monoisotopic (exact) mass is 515 g/mol. The second-order valence-electron chi connectivity index (χ2n) is 12.0. The highest BCUT2D eigenvalue weighted by molar-refractivity contribution is 5.82. The average Bonchev–Trinajstić information content (AvgIpc) is 3.19. The fourth-order valence-corrected chi connectivity index (χ4v) is 5.68. The number of amides is 2. The maximum Gasteiger partial charge on any atom is 0.226 e. The minimum Gasteiger partial charge on any atom is -0.352 e. The van der Waals surface area contributed by atoms with Crippen LogP contribution in [-0.2, 0) is 9.59 Å². The molecule has 2 amide bonds.